The van der Waals surface area contributed by atoms with E-state index in [1.54, 1.807) is 19.2 Å². The van der Waals surface area contributed by atoms with Crippen LogP contribution in [-0.4, -0.2) is 24.4 Å². The topological polar surface area (TPSA) is 69.4 Å². The highest BCUT2D eigenvalue weighted by Gasteiger charge is 2.34. The molecule has 0 heterocycles. The normalized spacial score (nSPS) is 20.4. The lowest BCUT2D eigenvalue weighted by atomic mass is 9.76. The van der Waals surface area contributed by atoms with Crippen molar-refractivity contribution >= 4 is 5.78 Å². The Labute approximate surface area is 118 Å². The molecule has 1 unspecified atom stereocenters. The molecule has 1 aliphatic rings. The van der Waals surface area contributed by atoms with Gasteiger partial charge in [-0.1, -0.05) is 18.6 Å². The van der Waals surface area contributed by atoms with E-state index in [4.69, 9.17) is 4.74 Å². The number of benzene rings is 1. The minimum atomic E-state index is -0.330. The third-order valence-electron chi connectivity index (χ3n) is 3.98. The molecule has 0 N–H and O–H groups in total. The van der Waals surface area contributed by atoms with Crippen LogP contribution in [0.3, 0.4) is 0 Å². The van der Waals surface area contributed by atoms with E-state index in [0.29, 0.717) is 12.2 Å². The van der Waals surface area contributed by atoms with Crippen LogP contribution in [0.5, 0.6) is 5.75 Å². The number of nitrogens with zero attached hydrogens (tertiary/aromatic N) is 1. The van der Waals surface area contributed by atoms with Crippen LogP contribution in [0.4, 0.5) is 0 Å². The largest absolute Gasteiger partial charge is 0.497 e. The molecule has 20 heavy (non-hydrogen) atoms. The molecule has 108 valence electrons. The van der Waals surface area contributed by atoms with E-state index >= 15 is 0 Å². The molecule has 0 saturated heterocycles. The Morgan fingerprint density at radius 1 is 1.35 bits per heavy atom. The summed E-state index contributed by atoms with van der Waals surface area (Å²) in [5.74, 6) is 0.328. The molecule has 1 saturated carbocycles. The van der Waals surface area contributed by atoms with Gasteiger partial charge in [0.2, 0.25) is 6.54 Å². The van der Waals surface area contributed by atoms with Gasteiger partial charge in [-0.3, -0.25) is 14.9 Å². The molecule has 0 bridgehead atoms. The molecule has 1 fully saturated rings. The second-order valence-electron chi connectivity index (χ2n) is 5.21. The molecule has 0 amide bonds. The minimum Gasteiger partial charge on any atom is -0.497 e. The monoisotopic (exact) mass is 277 g/mol. The highest BCUT2D eigenvalue weighted by Crippen LogP contribution is 2.34. The van der Waals surface area contributed by atoms with E-state index in [2.05, 4.69) is 0 Å². The molecule has 1 aliphatic carbocycles. The van der Waals surface area contributed by atoms with Crippen LogP contribution >= 0.6 is 0 Å². The number of ether oxygens (including phenoxy) is 1. The first-order chi connectivity index (χ1) is 9.61. The van der Waals surface area contributed by atoms with Crippen molar-refractivity contribution in [1.29, 1.82) is 0 Å². The van der Waals surface area contributed by atoms with Crippen LogP contribution in [0.15, 0.2) is 24.3 Å². The second-order valence-corrected chi connectivity index (χ2v) is 5.21. The van der Waals surface area contributed by atoms with Crippen LogP contribution in [0.25, 0.3) is 0 Å². The van der Waals surface area contributed by atoms with Gasteiger partial charge in [-0.25, -0.2) is 0 Å². The number of nitro groups is 1. The van der Waals surface area contributed by atoms with Gasteiger partial charge in [-0.15, -0.1) is 0 Å². The summed E-state index contributed by atoms with van der Waals surface area (Å²) in [5.41, 5.74) is 0.850. The number of carbonyl (C=O) groups is 1. The van der Waals surface area contributed by atoms with Crippen molar-refractivity contribution in [1.82, 2.24) is 0 Å². The van der Waals surface area contributed by atoms with Crippen molar-refractivity contribution in [2.75, 3.05) is 13.7 Å². The molecule has 2 rings (SSSR count). The van der Waals surface area contributed by atoms with Gasteiger partial charge < -0.3 is 4.74 Å². The SMILES string of the molecule is COc1ccc([C@H](C[N+](=O)[O-])C2CCCCC2=O)cc1. The molecule has 0 aromatic heterocycles. The molecular weight excluding hydrogens is 258 g/mol. The first kappa shape index (κ1) is 14.5. The highest BCUT2D eigenvalue weighted by molar-refractivity contribution is 5.82. The Bertz CT molecular complexity index is 483. The van der Waals surface area contributed by atoms with Crippen molar-refractivity contribution in [2.24, 2.45) is 5.92 Å². The summed E-state index contributed by atoms with van der Waals surface area (Å²) < 4.78 is 5.10. The lowest BCUT2D eigenvalue weighted by molar-refractivity contribution is -0.484. The molecule has 5 heteroatoms. The van der Waals surface area contributed by atoms with Crippen LogP contribution in [0.2, 0.25) is 0 Å². The van der Waals surface area contributed by atoms with Crippen molar-refractivity contribution in [3.05, 3.63) is 39.9 Å². The fourth-order valence-electron chi connectivity index (χ4n) is 2.91. The van der Waals surface area contributed by atoms with Crippen LogP contribution in [-0.2, 0) is 4.79 Å². The van der Waals surface area contributed by atoms with E-state index < -0.39 is 0 Å². The zero-order valence-electron chi connectivity index (χ0n) is 11.6. The molecule has 1 aromatic rings. The maximum atomic E-state index is 12.1. The molecule has 5 nitrogen and oxygen atoms in total. The summed E-state index contributed by atoms with van der Waals surface area (Å²) in [6.07, 6.45) is 3.18. The van der Waals surface area contributed by atoms with E-state index in [9.17, 15) is 14.9 Å². The standard InChI is InChI=1S/C15H19NO4/c1-20-12-8-6-11(7-9-12)14(10-16(18)19)13-4-2-3-5-15(13)17/h6-9,13-14H,2-5,10H2,1H3/t13?,14-/m0/s1. The Hall–Kier alpha value is -1.91. The highest BCUT2D eigenvalue weighted by atomic mass is 16.6. The average Bonchev–Trinajstić information content (AvgIpc) is 2.46. The summed E-state index contributed by atoms with van der Waals surface area (Å²) in [5, 5.41) is 10.9. The average molecular weight is 277 g/mol. The van der Waals surface area contributed by atoms with Crippen molar-refractivity contribution < 1.29 is 14.5 Å². The van der Waals surface area contributed by atoms with Crippen LogP contribution in [0, 0.1) is 16.0 Å². The fourth-order valence-corrected chi connectivity index (χ4v) is 2.91. The van der Waals surface area contributed by atoms with Crippen LogP contribution in [0.1, 0.15) is 37.2 Å². The maximum Gasteiger partial charge on any atom is 0.211 e. The molecule has 0 radical (unpaired) electrons. The lowest BCUT2D eigenvalue weighted by Gasteiger charge is -2.27. The Balaban J connectivity index is 2.25. The van der Waals surface area contributed by atoms with Gasteiger partial charge >= 0.3 is 0 Å². The second kappa shape index (κ2) is 6.50. The van der Waals surface area contributed by atoms with E-state index in [0.717, 1.165) is 24.8 Å². The van der Waals surface area contributed by atoms with Crippen molar-refractivity contribution in [2.45, 2.75) is 31.6 Å². The Kier molecular flexibility index (Phi) is 4.71. The number of ketones is 1. The summed E-state index contributed by atoms with van der Waals surface area (Å²) >= 11 is 0. The van der Waals surface area contributed by atoms with Gasteiger partial charge in [0.05, 0.1) is 13.0 Å². The zero-order chi connectivity index (χ0) is 14.5. The van der Waals surface area contributed by atoms with Crippen molar-refractivity contribution in [3.8, 4) is 5.75 Å². The number of carbonyl (C=O) groups excluding carboxylic acids is 1. The first-order valence-corrected chi connectivity index (χ1v) is 6.90. The molecular formula is C15H19NO4. The number of rotatable bonds is 5. The predicted octanol–water partition coefficient (Wildman–Crippen LogP) is 2.81. The van der Waals surface area contributed by atoms with Gasteiger partial charge in [0.25, 0.3) is 0 Å². The quantitative estimate of drug-likeness (QED) is 0.613. The maximum absolute atomic E-state index is 12.1. The number of methoxy groups -OCH3 is 1. The number of Topliss-reactive ketones (excluding diaryl/α,β-unsaturated/α-hetero) is 1. The van der Waals surface area contributed by atoms with E-state index in [1.165, 1.54) is 0 Å². The third kappa shape index (κ3) is 3.35. The minimum absolute atomic E-state index is 0.166. The van der Waals surface area contributed by atoms with Gasteiger partial charge in [-0.05, 0) is 30.5 Å². The van der Waals surface area contributed by atoms with E-state index in [-0.39, 0.29) is 29.1 Å². The summed E-state index contributed by atoms with van der Waals surface area (Å²) in [6.45, 7) is -0.192. The first-order valence-electron chi connectivity index (χ1n) is 6.90. The number of hydrogen-bond acceptors (Lipinski definition) is 4. The smallest absolute Gasteiger partial charge is 0.211 e. The predicted molar refractivity (Wildman–Crippen MR) is 74.6 cm³/mol. The molecule has 0 aliphatic heterocycles. The van der Waals surface area contributed by atoms with Gasteiger partial charge in [0, 0.05) is 17.3 Å². The van der Waals surface area contributed by atoms with Crippen molar-refractivity contribution in [3.63, 3.8) is 0 Å². The van der Waals surface area contributed by atoms with Crippen LogP contribution < -0.4 is 4.74 Å². The Morgan fingerprint density at radius 2 is 2.05 bits per heavy atom. The fraction of sp³-hybridized carbons (Fsp3) is 0.533. The van der Waals surface area contributed by atoms with Gasteiger partial charge in [0.15, 0.2) is 0 Å². The number of hydrogen-bond donors (Lipinski definition) is 0. The third-order valence-corrected chi connectivity index (χ3v) is 3.98. The Morgan fingerprint density at radius 3 is 2.60 bits per heavy atom. The summed E-state index contributed by atoms with van der Waals surface area (Å²) in [6, 6.07) is 7.23. The van der Waals surface area contributed by atoms with Gasteiger partial charge in [0.1, 0.15) is 11.5 Å². The molecule has 1 aromatic carbocycles. The molecule has 0 spiro atoms. The van der Waals surface area contributed by atoms with E-state index in [1.807, 2.05) is 12.1 Å². The van der Waals surface area contributed by atoms with Gasteiger partial charge in [-0.2, -0.15) is 0 Å². The zero-order valence-corrected chi connectivity index (χ0v) is 11.6. The summed E-state index contributed by atoms with van der Waals surface area (Å²) in [4.78, 5) is 22.7. The summed E-state index contributed by atoms with van der Waals surface area (Å²) in [7, 11) is 1.58. The lowest BCUT2D eigenvalue weighted by Crippen LogP contribution is -2.30. The molecule has 2 atom stereocenters.